The molecule has 0 bridgehead atoms. The molecule has 3 fully saturated rings. The molecule has 0 spiro atoms. The van der Waals surface area contributed by atoms with Crippen molar-refractivity contribution >= 4 is 17.7 Å². The molecule has 0 radical (unpaired) electrons. The van der Waals surface area contributed by atoms with Gasteiger partial charge in [0, 0.05) is 25.7 Å². The van der Waals surface area contributed by atoms with Crippen LogP contribution in [0.15, 0.2) is 0 Å². The molecule has 4 heterocycles. The zero-order valence-corrected chi connectivity index (χ0v) is 12.7. The molecule has 3 atom stereocenters. The maximum absolute atomic E-state index is 4.83. The Hall–Kier alpha value is -0.750. The Morgan fingerprint density at radius 1 is 1.15 bits per heavy atom. The molecule has 0 aromatic carbocycles. The molecule has 4 rings (SSSR count). The summed E-state index contributed by atoms with van der Waals surface area (Å²) in [5, 5.41) is 11.8. The van der Waals surface area contributed by atoms with E-state index in [0.717, 1.165) is 37.3 Å². The smallest absolute Gasteiger partial charge is 0.245 e. The van der Waals surface area contributed by atoms with E-state index in [0.29, 0.717) is 11.3 Å². The number of fused-ring (bicyclic) bond motifs is 1. The van der Waals surface area contributed by atoms with Crippen LogP contribution in [0.1, 0.15) is 43.2 Å². The Labute approximate surface area is 124 Å². The van der Waals surface area contributed by atoms with Crippen LogP contribution >= 0.6 is 11.8 Å². The lowest BCUT2D eigenvalue weighted by Crippen LogP contribution is -2.45. The number of piperidine rings is 1. The van der Waals surface area contributed by atoms with Gasteiger partial charge in [0.1, 0.15) is 5.82 Å². The molecule has 6 heteroatoms. The first-order valence-electron chi connectivity index (χ1n) is 7.93. The zero-order valence-electron chi connectivity index (χ0n) is 11.8. The van der Waals surface area contributed by atoms with Gasteiger partial charge in [-0.3, -0.25) is 5.10 Å². The van der Waals surface area contributed by atoms with Gasteiger partial charge >= 0.3 is 0 Å². The van der Waals surface area contributed by atoms with Gasteiger partial charge in [-0.2, -0.15) is 16.7 Å². The van der Waals surface area contributed by atoms with Crippen LogP contribution in [-0.2, 0) is 0 Å². The van der Waals surface area contributed by atoms with Crippen LogP contribution in [0.2, 0.25) is 0 Å². The Kier molecular flexibility index (Phi) is 3.60. The number of aromatic amines is 1. The van der Waals surface area contributed by atoms with E-state index < -0.39 is 0 Å². The average Bonchev–Trinajstić information content (AvgIpc) is 3.17. The summed E-state index contributed by atoms with van der Waals surface area (Å²) in [6.07, 6.45) is 6.54. The zero-order chi connectivity index (χ0) is 13.4. The van der Waals surface area contributed by atoms with Gasteiger partial charge in [0.2, 0.25) is 5.95 Å². The van der Waals surface area contributed by atoms with E-state index in [1.54, 1.807) is 0 Å². The fourth-order valence-electron chi connectivity index (χ4n) is 3.81. The van der Waals surface area contributed by atoms with Gasteiger partial charge in [0.15, 0.2) is 0 Å². The average molecular weight is 293 g/mol. The van der Waals surface area contributed by atoms with E-state index >= 15 is 0 Å². The van der Waals surface area contributed by atoms with Crippen LogP contribution in [0.25, 0.3) is 0 Å². The van der Waals surface area contributed by atoms with Crippen molar-refractivity contribution in [3.05, 3.63) is 5.82 Å². The molecule has 5 nitrogen and oxygen atoms in total. The van der Waals surface area contributed by atoms with E-state index in [-0.39, 0.29) is 0 Å². The minimum absolute atomic E-state index is 0.535. The van der Waals surface area contributed by atoms with Crippen LogP contribution < -0.4 is 10.2 Å². The SMILES string of the molecule is C1CCC(c2nc(N3CCCC4CNCC43)n[nH]2)SC1. The monoisotopic (exact) mass is 293 g/mol. The van der Waals surface area contributed by atoms with Gasteiger partial charge in [0.25, 0.3) is 0 Å². The molecule has 2 N–H and O–H groups in total. The number of aromatic nitrogens is 3. The molecule has 0 aliphatic carbocycles. The molecule has 0 saturated carbocycles. The van der Waals surface area contributed by atoms with Gasteiger partial charge in [-0.25, -0.2) is 0 Å². The first kappa shape index (κ1) is 13.0. The molecule has 3 unspecified atom stereocenters. The van der Waals surface area contributed by atoms with Crippen LogP contribution in [0.5, 0.6) is 0 Å². The van der Waals surface area contributed by atoms with Crippen molar-refractivity contribution in [2.24, 2.45) is 5.92 Å². The first-order chi connectivity index (χ1) is 9.92. The lowest BCUT2D eigenvalue weighted by Gasteiger charge is -2.36. The molecular formula is C14H23N5S. The minimum atomic E-state index is 0.535. The van der Waals surface area contributed by atoms with E-state index in [1.807, 2.05) is 11.8 Å². The number of nitrogens with one attached hydrogen (secondary N) is 2. The third-order valence-corrected chi connectivity index (χ3v) is 6.30. The topological polar surface area (TPSA) is 56.8 Å². The van der Waals surface area contributed by atoms with Gasteiger partial charge in [-0.05, 0) is 37.4 Å². The van der Waals surface area contributed by atoms with E-state index in [1.165, 1.54) is 37.9 Å². The second kappa shape index (κ2) is 5.56. The van der Waals surface area contributed by atoms with Gasteiger partial charge < -0.3 is 10.2 Å². The highest BCUT2D eigenvalue weighted by atomic mass is 32.2. The molecule has 3 aliphatic rings. The quantitative estimate of drug-likeness (QED) is 0.873. The predicted molar refractivity (Wildman–Crippen MR) is 82.2 cm³/mol. The second-order valence-corrected chi connectivity index (χ2v) is 7.51. The van der Waals surface area contributed by atoms with Crippen LogP contribution in [0, 0.1) is 5.92 Å². The van der Waals surface area contributed by atoms with Gasteiger partial charge in [-0.15, -0.1) is 5.10 Å². The number of hydrogen-bond acceptors (Lipinski definition) is 5. The van der Waals surface area contributed by atoms with E-state index in [9.17, 15) is 0 Å². The Morgan fingerprint density at radius 2 is 2.15 bits per heavy atom. The number of thioether (sulfide) groups is 1. The van der Waals surface area contributed by atoms with Crippen molar-refractivity contribution in [2.45, 2.75) is 43.4 Å². The van der Waals surface area contributed by atoms with Crippen molar-refractivity contribution in [3.8, 4) is 0 Å². The summed E-state index contributed by atoms with van der Waals surface area (Å²) in [5.74, 6) is 4.08. The Morgan fingerprint density at radius 3 is 3.05 bits per heavy atom. The molecule has 1 aromatic heterocycles. The summed E-state index contributed by atoms with van der Waals surface area (Å²) in [6.45, 7) is 3.36. The molecule has 3 saturated heterocycles. The highest BCUT2D eigenvalue weighted by molar-refractivity contribution is 7.99. The molecule has 1 aromatic rings. The third-order valence-electron chi connectivity index (χ3n) is 4.91. The summed E-state index contributed by atoms with van der Waals surface area (Å²) in [4.78, 5) is 7.26. The maximum Gasteiger partial charge on any atom is 0.245 e. The largest absolute Gasteiger partial charge is 0.335 e. The second-order valence-electron chi connectivity index (χ2n) is 6.20. The van der Waals surface area contributed by atoms with E-state index in [2.05, 4.69) is 20.4 Å². The number of hydrogen-bond donors (Lipinski definition) is 2. The summed E-state index contributed by atoms with van der Waals surface area (Å²) < 4.78 is 0. The summed E-state index contributed by atoms with van der Waals surface area (Å²) in [5.41, 5.74) is 0. The lowest BCUT2D eigenvalue weighted by molar-refractivity contribution is 0.381. The van der Waals surface area contributed by atoms with Crippen molar-refractivity contribution in [3.63, 3.8) is 0 Å². The van der Waals surface area contributed by atoms with Crippen molar-refractivity contribution in [2.75, 3.05) is 30.3 Å². The molecule has 3 aliphatic heterocycles. The van der Waals surface area contributed by atoms with Crippen molar-refractivity contribution < 1.29 is 0 Å². The van der Waals surface area contributed by atoms with Gasteiger partial charge in [-0.1, -0.05) is 6.42 Å². The normalized spacial score (nSPS) is 34.2. The van der Waals surface area contributed by atoms with Crippen LogP contribution in [-0.4, -0.2) is 46.6 Å². The fourth-order valence-corrected chi connectivity index (χ4v) is 5.06. The van der Waals surface area contributed by atoms with Gasteiger partial charge in [0.05, 0.1) is 5.25 Å². The highest BCUT2D eigenvalue weighted by Gasteiger charge is 2.36. The number of nitrogens with zero attached hydrogens (tertiary/aromatic N) is 3. The Balaban J connectivity index is 1.51. The highest BCUT2D eigenvalue weighted by Crippen LogP contribution is 2.37. The molecule has 20 heavy (non-hydrogen) atoms. The van der Waals surface area contributed by atoms with Crippen LogP contribution in [0.3, 0.4) is 0 Å². The predicted octanol–water partition coefficient (Wildman–Crippen LogP) is 1.95. The van der Waals surface area contributed by atoms with Crippen molar-refractivity contribution in [1.82, 2.24) is 20.5 Å². The number of anilines is 1. The third kappa shape index (κ3) is 2.33. The van der Waals surface area contributed by atoms with Crippen LogP contribution in [0.4, 0.5) is 5.95 Å². The van der Waals surface area contributed by atoms with E-state index in [4.69, 9.17) is 4.98 Å². The lowest BCUT2D eigenvalue weighted by atomic mass is 9.92. The standard InChI is InChI=1S/C14H23N5S/c1-2-7-20-12(5-1)13-16-14(18-17-13)19-6-3-4-10-8-15-9-11(10)19/h10-12,15H,1-9H2,(H,16,17,18). The first-order valence-corrected chi connectivity index (χ1v) is 8.98. The fraction of sp³-hybridized carbons (Fsp3) is 0.857. The molecular weight excluding hydrogens is 270 g/mol. The summed E-state index contributed by atoms with van der Waals surface area (Å²) in [7, 11) is 0. The number of rotatable bonds is 2. The molecule has 0 amide bonds. The summed E-state index contributed by atoms with van der Waals surface area (Å²) >= 11 is 2.03. The van der Waals surface area contributed by atoms with Crippen molar-refractivity contribution in [1.29, 1.82) is 0 Å². The number of H-pyrrole nitrogens is 1. The molecule has 110 valence electrons. The summed E-state index contributed by atoms with van der Waals surface area (Å²) in [6, 6.07) is 0.603. The Bertz CT molecular complexity index is 456. The minimum Gasteiger partial charge on any atom is -0.335 e. The maximum atomic E-state index is 4.83.